The third-order valence-corrected chi connectivity index (χ3v) is 3.36. The minimum Gasteiger partial charge on any atom is -0.444 e. The monoisotopic (exact) mass is 300 g/mol. The third kappa shape index (κ3) is 5.88. The number of aromatic nitrogens is 1. The van der Waals surface area contributed by atoms with Crippen molar-refractivity contribution in [3.63, 3.8) is 0 Å². The Balaban J connectivity index is 2.72. The fraction of sp³-hybridized carbons (Fsp3) is 0.714. The first-order valence-electron chi connectivity index (χ1n) is 6.76. The summed E-state index contributed by atoms with van der Waals surface area (Å²) in [5.74, 6) is 0.338. The van der Waals surface area contributed by atoms with Crippen molar-refractivity contribution in [2.45, 2.75) is 58.8 Å². The van der Waals surface area contributed by atoms with Gasteiger partial charge in [-0.15, -0.1) is 11.3 Å². The van der Waals surface area contributed by atoms with Gasteiger partial charge in [0.05, 0.1) is 6.04 Å². The lowest BCUT2D eigenvalue weighted by Crippen LogP contribution is -2.43. The number of nitrogens with zero attached hydrogens (tertiary/aromatic N) is 1. The van der Waals surface area contributed by atoms with E-state index in [1.165, 1.54) is 11.3 Å². The number of alkyl carbamates (subject to hydrolysis) is 1. The Morgan fingerprint density at radius 3 is 2.60 bits per heavy atom. The summed E-state index contributed by atoms with van der Waals surface area (Å²) in [5.41, 5.74) is -0.557. The van der Waals surface area contributed by atoms with E-state index in [-0.39, 0.29) is 0 Å². The smallest absolute Gasteiger partial charge is 0.407 e. The topological polar surface area (TPSA) is 71.5 Å². The predicted molar refractivity (Wildman–Crippen MR) is 79.7 cm³/mol. The number of rotatable bonds is 5. The molecule has 6 heteroatoms. The third-order valence-electron chi connectivity index (χ3n) is 2.51. The predicted octanol–water partition coefficient (Wildman–Crippen LogP) is 3.12. The van der Waals surface area contributed by atoms with Crippen LogP contribution in [0.2, 0.25) is 0 Å². The number of hydrogen-bond acceptors (Lipinski definition) is 5. The SMILES string of the molecule is CC(C)C[C@H](NC(=O)OC(C)(C)C)C(O)c1nccs1. The van der Waals surface area contributed by atoms with Crippen LogP contribution in [0.4, 0.5) is 4.79 Å². The Morgan fingerprint density at radius 1 is 1.50 bits per heavy atom. The lowest BCUT2D eigenvalue weighted by Gasteiger charge is -2.27. The van der Waals surface area contributed by atoms with Crippen molar-refractivity contribution in [3.8, 4) is 0 Å². The number of carbonyl (C=O) groups excluding carboxylic acids is 1. The van der Waals surface area contributed by atoms with Gasteiger partial charge in [-0.25, -0.2) is 9.78 Å². The van der Waals surface area contributed by atoms with E-state index in [1.54, 1.807) is 32.3 Å². The lowest BCUT2D eigenvalue weighted by atomic mass is 9.99. The van der Waals surface area contributed by atoms with Gasteiger partial charge in [-0.05, 0) is 33.1 Å². The number of amides is 1. The van der Waals surface area contributed by atoms with Crippen molar-refractivity contribution in [1.82, 2.24) is 10.3 Å². The van der Waals surface area contributed by atoms with Gasteiger partial charge in [0.1, 0.15) is 16.7 Å². The van der Waals surface area contributed by atoms with Crippen LogP contribution in [0.5, 0.6) is 0 Å². The highest BCUT2D eigenvalue weighted by Gasteiger charge is 2.27. The Bertz CT molecular complexity index is 413. The molecular weight excluding hydrogens is 276 g/mol. The van der Waals surface area contributed by atoms with Gasteiger partial charge in [-0.3, -0.25) is 0 Å². The summed E-state index contributed by atoms with van der Waals surface area (Å²) in [7, 11) is 0. The van der Waals surface area contributed by atoms with Crippen LogP contribution in [0.1, 0.15) is 52.2 Å². The van der Waals surface area contributed by atoms with Crippen molar-refractivity contribution in [3.05, 3.63) is 16.6 Å². The van der Waals surface area contributed by atoms with Crippen molar-refractivity contribution < 1.29 is 14.6 Å². The fourth-order valence-electron chi connectivity index (χ4n) is 1.79. The molecule has 0 saturated carbocycles. The number of nitrogens with one attached hydrogen (secondary N) is 1. The minimum absolute atomic E-state index is 0.338. The maximum Gasteiger partial charge on any atom is 0.407 e. The van der Waals surface area contributed by atoms with E-state index in [0.29, 0.717) is 17.3 Å². The van der Waals surface area contributed by atoms with Gasteiger partial charge in [0, 0.05) is 11.6 Å². The van der Waals surface area contributed by atoms with Crippen molar-refractivity contribution in [2.24, 2.45) is 5.92 Å². The van der Waals surface area contributed by atoms with Gasteiger partial charge < -0.3 is 15.2 Å². The maximum atomic E-state index is 11.9. The number of hydrogen-bond donors (Lipinski definition) is 2. The van der Waals surface area contributed by atoms with E-state index < -0.39 is 23.8 Å². The molecule has 0 spiro atoms. The maximum absolute atomic E-state index is 11.9. The van der Waals surface area contributed by atoms with Crippen LogP contribution in [-0.4, -0.2) is 27.8 Å². The Kier molecular flexibility index (Phi) is 5.95. The molecule has 0 aliphatic heterocycles. The molecule has 2 N–H and O–H groups in total. The summed E-state index contributed by atoms with van der Waals surface area (Å²) in [5, 5.41) is 15.5. The van der Waals surface area contributed by atoms with E-state index in [9.17, 15) is 9.90 Å². The minimum atomic E-state index is -0.815. The van der Waals surface area contributed by atoms with Crippen LogP contribution in [-0.2, 0) is 4.74 Å². The summed E-state index contributed by atoms with van der Waals surface area (Å²) in [6.07, 6.45) is 0.965. The number of carbonyl (C=O) groups is 1. The van der Waals surface area contributed by atoms with Crippen molar-refractivity contribution in [2.75, 3.05) is 0 Å². The molecule has 0 radical (unpaired) electrons. The van der Waals surface area contributed by atoms with Gasteiger partial charge in [0.2, 0.25) is 0 Å². The van der Waals surface area contributed by atoms with E-state index in [4.69, 9.17) is 4.74 Å². The van der Waals surface area contributed by atoms with Gasteiger partial charge in [0.15, 0.2) is 0 Å². The second-order valence-corrected chi connectivity index (χ2v) is 7.12. The number of ether oxygens (including phenoxy) is 1. The van der Waals surface area contributed by atoms with Crippen molar-refractivity contribution in [1.29, 1.82) is 0 Å². The van der Waals surface area contributed by atoms with E-state index in [2.05, 4.69) is 10.3 Å². The molecule has 0 aromatic carbocycles. The molecule has 1 heterocycles. The molecule has 1 unspecified atom stereocenters. The molecule has 1 amide bonds. The zero-order valence-electron chi connectivity index (χ0n) is 12.7. The van der Waals surface area contributed by atoms with Gasteiger partial charge >= 0.3 is 6.09 Å². The quantitative estimate of drug-likeness (QED) is 0.876. The van der Waals surface area contributed by atoms with Crippen LogP contribution in [0.3, 0.4) is 0 Å². The summed E-state index contributed by atoms with van der Waals surface area (Å²) in [4.78, 5) is 16.0. The average molecular weight is 300 g/mol. The van der Waals surface area contributed by atoms with Crippen LogP contribution >= 0.6 is 11.3 Å². The Labute approximate surface area is 124 Å². The number of aliphatic hydroxyl groups is 1. The second kappa shape index (κ2) is 7.04. The summed E-state index contributed by atoms with van der Waals surface area (Å²) < 4.78 is 5.24. The van der Waals surface area contributed by atoms with Crippen LogP contribution in [0.25, 0.3) is 0 Å². The normalized spacial score (nSPS) is 14.9. The van der Waals surface area contributed by atoms with Gasteiger partial charge in [0.25, 0.3) is 0 Å². The highest BCUT2D eigenvalue weighted by molar-refractivity contribution is 7.09. The summed E-state index contributed by atoms with van der Waals surface area (Å²) in [6.45, 7) is 9.50. The molecule has 0 saturated heterocycles. The van der Waals surface area contributed by atoms with Crippen molar-refractivity contribution >= 4 is 17.4 Å². The first-order valence-corrected chi connectivity index (χ1v) is 7.64. The average Bonchev–Trinajstić information content (AvgIpc) is 2.76. The molecule has 5 nitrogen and oxygen atoms in total. The zero-order valence-corrected chi connectivity index (χ0v) is 13.5. The van der Waals surface area contributed by atoms with Gasteiger partial charge in [-0.2, -0.15) is 0 Å². The lowest BCUT2D eigenvalue weighted by molar-refractivity contribution is 0.0402. The fourth-order valence-corrected chi connectivity index (χ4v) is 2.47. The van der Waals surface area contributed by atoms with Crippen LogP contribution < -0.4 is 5.32 Å². The highest BCUT2D eigenvalue weighted by atomic mass is 32.1. The number of thiazole rings is 1. The summed E-state index contributed by atoms with van der Waals surface area (Å²) in [6, 6.07) is -0.406. The number of aliphatic hydroxyl groups excluding tert-OH is 1. The van der Waals surface area contributed by atoms with Crippen LogP contribution in [0, 0.1) is 5.92 Å². The largest absolute Gasteiger partial charge is 0.444 e. The molecule has 0 fully saturated rings. The molecular formula is C14H24N2O3S. The van der Waals surface area contributed by atoms with E-state index in [1.807, 2.05) is 13.8 Å². The first-order chi connectivity index (χ1) is 9.19. The Hall–Kier alpha value is -1.14. The first kappa shape index (κ1) is 16.9. The summed E-state index contributed by atoms with van der Waals surface area (Å²) >= 11 is 1.37. The molecule has 20 heavy (non-hydrogen) atoms. The Morgan fingerprint density at radius 2 is 2.15 bits per heavy atom. The van der Waals surface area contributed by atoms with Crippen LogP contribution in [0.15, 0.2) is 11.6 Å². The molecule has 1 rings (SSSR count). The molecule has 114 valence electrons. The molecule has 0 aliphatic carbocycles. The zero-order chi connectivity index (χ0) is 15.3. The van der Waals surface area contributed by atoms with Gasteiger partial charge in [-0.1, -0.05) is 13.8 Å². The standard InChI is InChI=1S/C14H24N2O3S/c1-9(2)8-10(11(17)12-15-6-7-20-12)16-13(18)19-14(3,4)5/h6-7,9-11,17H,8H2,1-5H3,(H,16,18)/t10-,11?/m0/s1. The second-order valence-electron chi connectivity index (χ2n) is 6.20. The highest BCUT2D eigenvalue weighted by Crippen LogP contribution is 2.23. The molecule has 0 bridgehead atoms. The molecule has 1 aromatic heterocycles. The van der Waals surface area contributed by atoms with E-state index in [0.717, 1.165) is 0 Å². The van der Waals surface area contributed by atoms with E-state index >= 15 is 0 Å². The molecule has 0 aliphatic rings. The molecule has 2 atom stereocenters. The molecule has 1 aromatic rings.